The van der Waals surface area contributed by atoms with Crippen molar-refractivity contribution in [3.8, 4) is 11.5 Å². The molecule has 0 radical (unpaired) electrons. The SMILES string of the molecule is CCOc1cc(C=O)cc(I)c1OC(=O)CC. The Labute approximate surface area is 113 Å². The van der Waals surface area contributed by atoms with Crippen LogP contribution in [0.5, 0.6) is 11.5 Å². The minimum atomic E-state index is -0.331. The highest BCUT2D eigenvalue weighted by atomic mass is 127. The van der Waals surface area contributed by atoms with Gasteiger partial charge in [-0.1, -0.05) is 6.92 Å². The van der Waals surface area contributed by atoms with Gasteiger partial charge in [-0.2, -0.15) is 0 Å². The monoisotopic (exact) mass is 348 g/mol. The minimum Gasteiger partial charge on any atom is -0.490 e. The number of esters is 1. The van der Waals surface area contributed by atoms with E-state index in [1.54, 1.807) is 19.1 Å². The van der Waals surface area contributed by atoms with Gasteiger partial charge < -0.3 is 9.47 Å². The molecule has 0 amide bonds. The topological polar surface area (TPSA) is 52.6 Å². The molecule has 0 heterocycles. The van der Waals surface area contributed by atoms with Gasteiger partial charge in [-0.15, -0.1) is 0 Å². The average molecular weight is 348 g/mol. The van der Waals surface area contributed by atoms with E-state index >= 15 is 0 Å². The fourth-order valence-electron chi connectivity index (χ4n) is 1.20. The maximum absolute atomic E-state index is 11.3. The van der Waals surface area contributed by atoms with E-state index in [4.69, 9.17) is 9.47 Å². The second kappa shape index (κ2) is 6.58. The number of hydrogen-bond acceptors (Lipinski definition) is 4. The van der Waals surface area contributed by atoms with Gasteiger partial charge in [0.2, 0.25) is 0 Å². The lowest BCUT2D eigenvalue weighted by atomic mass is 10.2. The third-order valence-electron chi connectivity index (χ3n) is 1.97. The van der Waals surface area contributed by atoms with Crippen LogP contribution in [0.15, 0.2) is 12.1 Å². The lowest BCUT2D eigenvalue weighted by molar-refractivity contribution is -0.134. The van der Waals surface area contributed by atoms with Crippen LogP contribution in [0.3, 0.4) is 0 Å². The Bertz CT molecular complexity index is 429. The van der Waals surface area contributed by atoms with Crippen molar-refractivity contribution < 1.29 is 19.1 Å². The van der Waals surface area contributed by atoms with E-state index in [1.807, 2.05) is 29.5 Å². The molecule has 1 aromatic carbocycles. The van der Waals surface area contributed by atoms with Crippen molar-refractivity contribution in [2.24, 2.45) is 0 Å². The number of carbonyl (C=O) groups excluding carboxylic acids is 2. The molecular formula is C12H13IO4. The Morgan fingerprint density at radius 2 is 2.12 bits per heavy atom. The fraction of sp³-hybridized carbons (Fsp3) is 0.333. The number of benzene rings is 1. The van der Waals surface area contributed by atoms with Crippen molar-refractivity contribution in [1.29, 1.82) is 0 Å². The normalized spacial score (nSPS) is 9.82. The second-order valence-corrected chi connectivity index (χ2v) is 4.37. The predicted octanol–water partition coefficient (Wildman–Crippen LogP) is 2.82. The molecule has 0 saturated carbocycles. The van der Waals surface area contributed by atoms with Crippen LogP contribution in [0.1, 0.15) is 30.6 Å². The van der Waals surface area contributed by atoms with Crippen molar-refractivity contribution in [2.75, 3.05) is 6.61 Å². The van der Waals surface area contributed by atoms with E-state index in [0.717, 1.165) is 6.29 Å². The molecule has 0 saturated heterocycles. The molecule has 0 unspecified atom stereocenters. The number of rotatable bonds is 5. The van der Waals surface area contributed by atoms with Crippen molar-refractivity contribution in [2.45, 2.75) is 20.3 Å². The van der Waals surface area contributed by atoms with Crippen LogP contribution in [0.2, 0.25) is 0 Å². The summed E-state index contributed by atoms with van der Waals surface area (Å²) in [6, 6.07) is 3.21. The Kier molecular flexibility index (Phi) is 5.40. The van der Waals surface area contributed by atoms with Crippen molar-refractivity contribution in [1.82, 2.24) is 0 Å². The highest BCUT2D eigenvalue weighted by molar-refractivity contribution is 14.1. The quantitative estimate of drug-likeness (QED) is 0.355. The zero-order chi connectivity index (χ0) is 12.8. The van der Waals surface area contributed by atoms with Gasteiger partial charge in [0, 0.05) is 12.0 Å². The van der Waals surface area contributed by atoms with Crippen molar-refractivity contribution in [3.63, 3.8) is 0 Å². The molecule has 17 heavy (non-hydrogen) atoms. The second-order valence-electron chi connectivity index (χ2n) is 3.21. The minimum absolute atomic E-state index is 0.289. The van der Waals surface area contributed by atoms with Crippen molar-refractivity contribution in [3.05, 3.63) is 21.3 Å². The highest BCUT2D eigenvalue weighted by Crippen LogP contribution is 2.34. The summed E-state index contributed by atoms with van der Waals surface area (Å²) >= 11 is 2.01. The summed E-state index contributed by atoms with van der Waals surface area (Å²) in [5.74, 6) is 0.468. The van der Waals surface area contributed by atoms with Gasteiger partial charge in [0.15, 0.2) is 11.5 Å². The molecule has 0 aliphatic rings. The average Bonchev–Trinajstić information content (AvgIpc) is 2.33. The number of halogens is 1. The third kappa shape index (κ3) is 3.69. The highest BCUT2D eigenvalue weighted by Gasteiger charge is 2.14. The standard InChI is InChI=1S/C12H13IO4/c1-3-11(15)17-12-9(13)5-8(7-14)6-10(12)16-4-2/h5-7H,3-4H2,1-2H3. The van der Waals surface area contributed by atoms with E-state index in [-0.39, 0.29) is 12.4 Å². The first-order valence-electron chi connectivity index (χ1n) is 5.24. The van der Waals surface area contributed by atoms with Gasteiger partial charge in [-0.05, 0) is 41.6 Å². The van der Waals surface area contributed by atoms with Gasteiger partial charge in [0.25, 0.3) is 0 Å². The summed E-state index contributed by atoms with van der Waals surface area (Å²) in [6.45, 7) is 3.98. The Balaban J connectivity index is 3.15. The lowest BCUT2D eigenvalue weighted by Crippen LogP contribution is -2.09. The number of ether oxygens (including phenoxy) is 2. The van der Waals surface area contributed by atoms with Crippen LogP contribution in [0.4, 0.5) is 0 Å². The first-order chi connectivity index (χ1) is 8.12. The Hall–Kier alpha value is -1.11. The largest absolute Gasteiger partial charge is 0.490 e. The smallest absolute Gasteiger partial charge is 0.311 e. The molecule has 0 bridgehead atoms. The van der Waals surface area contributed by atoms with Gasteiger partial charge in [-0.25, -0.2) is 0 Å². The fourth-order valence-corrected chi connectivity index (χ4v) is 1.94. The lowest BCUT2D eigenvalue weighted by Gasteiger charge is -2.12. The van der Waals surface area contributed by atoms with E-state index < -0.39 is 0 Å². The molecule has 1 rings (SSSR count). The van der Waals surface area contributed by atoms with E-state index in [1.165, 1.54) is 0 Å². The number of carbonyl (C=O) groups is 2. The van der Waals surface area contributed by atoms with Crippen LogP contribution in [-0.2, 0) is 4.79 Å². The molecule has 0 N–H and O–H groups in total. The predicted molar refractivity (Wildman–Crippen MR) is 71.6 cm³/mol. The molecule has 5 heteroatoms. The molecule has 0 aliphatic heterocycles. The summed E-state index contributed by atoms with van der Waals surface area (Å²) in [7, 11) is 0. The van der Waals surface area contributed by atoms with Crippen LogP contribution in [-0.4, -0.2) is 18.9 Å². The molecule has 0 aromatic heterocycles. The number of aldehydes is 1. The van der Waals surface area contributed by atoms with E-state index in [0.29, 0.717) is 27.2 Å². The summed E-state index contributed by atoms with van der Waals surface area (Å²) in [5.41, 5.74) is 0.495. The van der Waals surface area contributed by atoms with Crippen molar-refractivity contribution >= 4 is 34.8 Å². The Morgan fingerprint density at radius 3 is 2.65 bits per heavy atom. The summed E-state index contributed by atoms with van der Waals surface area (Å²) in [6.07, 6.45) is 1.02. The summed E-state index contributed by atoms with van der Waals surface area (Å²) in [4.78, 5) is 22.0. The molecule has 92 valence electrons. The van der Waals surface area contributed by atoms with E-state index in [2.05, 4.69) is 0 Å². The molecular weight excluding hydrogens is 335 g/mol. The zero-order valence-electron chi connectivity index (χ0n) is 9.66. The van der Waals surface area contributed by atoms with Gasteiger partial charge >= 0.3 is 5.97 Å². The van der Waals surface area contributed by atoms with Crippen LogP contribution in [0, 0.1) is 3.57 Å². The van der Waals surface area contributed by atoms with Crippen LogP contribution in [0.25, 0.3) is 0 Å². The Morgan fingerprint density at radius 1 is 1.41 bits per heavy atom. The van der Waals surface area contributed by atoms with Gasteiger partial charge in [0.05, 0.1) is 10.2 Å². The third-order valence-corrected chi connectivity index (χ3v) is 2.77. The molecule has 1 aromatic rings. The van der Waals surface area contributed by atoms with Gasteiger partial charge in [0.1, 0.15) is 6.29 Å². The first kappa shape index (κ1) is 14.0. The molecule has 4 nitrogen and oxygen atoms in total. The number of hydrogen-bond donors (Lipinski definition) is 0. The molecule has 0 fully saturated rings. The summed E-state index contributed by atoms with van der Waals surface area (Å²) in [5, 5.41) is 0. The molecule has 0 spiro atoms. The maximum Gasteiger partial charge on any atom is 0.311 e. The van der Waals surface area contributed by atoms with Crippen LogP contribution < -0.4 is 9.47 Å². The molecule has 0 aliphatic carbocycles. The molecule has 0 atom stereocenters. The van der Waals surface area contributed by atoms with Gasteiger partial charge in [-0.3, -0.25) is 9.59 Å². The first-order valence-corrected chi connectivity index (χ1v) is 6.32. The van der Waals surface area contributed by atoms with E-state index in [9.17, 15) is 9.59 Å². The summed E-state index contributed by atoms with van der Waals surface area (Å²) < 4.78 is 11.2. The zero-order valence-corrected chi connectivity index (χ0v) is 11.8. The van der Waals surface area contributed by atoms with Crippen LogP contribution >= 0.6 is 22.6 Å². The maximum atomic E-state index is 11.3.